The van der Waals surface area contributed by atoms with E-state index >= 15 is 0 Å². The molecule has 1 aromatic carbocycles. The van der Waals surface area contributed by atoms with Crippen molar-refractivity contribution in [3.8, 4) is 0 Å². The fourth-order valence-electron chi connectivity index (χ4n) is 2.57. The third-order valence-electron chi connectivity index (χ3n) is 4.17. The van der Waals surface area contributed by atoms with Gasteiger partial charge in [-0.3, -0.25) is 9.48 Å². The van der Waals surface area contributed by atoms with E-state index in [0.717, 1.165) is 28.9 Å². The van der Waals surface area contributed by atoms with Crippen LogP contribution in [0.5, 0.6) is 0 Å². The fraction of sp³-hybridized carbons (Fsp3) is 0.350. The van der Waals surface area contributed by atoms with Gasteiger partial charge in [0.25, 0.3) is 5.91 Å². The molecule has 1 N–H and O–H groups in total. The Morgan fingerprint density at radius 2 is 1.96 bits per heavy atom. The van der Waals surface area contributed by atoms with Gasteiger partial charge in [-0.1, -0.05) is 30.3 Å². The summed E-state index contributed by atoms with van der Waals surface area (Å²) >= 11 is 0. The molecule has 0 saturated carbocycles. The molecule has 26 heavy (non-hydrogen) atoms. The van der Waals surface area contributed by atoms with Crippen LogP contribution >= 0.6 is 0 Å². The maximum absolute atomic E-state index is 12.0. The van der Waals surface area contributed by atoms with Crippen molar-refractivity contribution in [3.63, 3.8) is 0 Å². The third-order valence-corrected chi connectivity index (χ3v) is 4.17. The smallest absolute Gasteiger partial charge is 0.331 e. The standard InChI is InChI=1S/C20H25N3O3/c1-14-18(15(2)23(4)22-14)10-11-19(24)26-16(3)20(25)21-13-12-17-8-6-5-7-9-17/h5-11,16H,12-13H2,1-4H3,(H,21,25)/b11-10+/t16-/m1/s1. The van der Waals surface area contributed by atoms with E-state index in [-0.39, 0.29) is 5.91 Å². The zero-order chi connectivity index (χ0) is 19.1. The van der Waals surface area contributed by atoms with Crippen molar-refractivity contribution < 1.29 is 14.3 Å². The maximum atomic E-state index is 12.0. The lowest BCUT2D eigenvalue weighted by molar-refractivity contribution is -0.150. The number of hydrogen-bond donors (Lipinski definition) is 1. The van der Waals surface area contributed by atoms with Crippen molar-refractivity contribution in [1.82, 2.24) is 15.1 Å². The lowest BCUT2D eigenvalue weighted by Gasteiger charge is -2.12. The number of ether oxygens (including phenoxy) is 1. The highest BCUT2D eigenvalue weighted by molar-refractivity contribution is 5.90. The first-order valence-electron chi connectivity index (χ1n) is 8.59. The van der Waals surface area contributed by atoms with Crippen LogP contribution in [0, 0.1) is 13.8 Å². The van der Waals surface area contributed by atoms with Gasteiger partial charge < -0.3 is 10.1 Å². The average molecular weight is 355 g/mol. The van der Waals surface area contributed by atoms with Crippen LogP contribution in [0.3, 0.4) is 0 Å². The van der Waals surface area contributed by atoms with Crippen molar-refractivity contribution in [2.75, 3.05) is 6.54 Å². The van der Waals surface area contributed by atoms with Crippen molar-refractivity contribution in [2.24, 2.45) is 7.05 Å². The summed E-state index contributed by atoms with van der Waals surface area (Å²) in [6, 6.07) is 9.87. The summed E-state index contributed by atoms with van der Waals surface area (Å²) in [5.41, 5.74) is 3.81. The Balaban J connectivity index is 1.80. The van der Waals surface area contributed by atoms with Gasteiger partial charge in [-0.05, 0) is 38.8 Å². The summed E-state index contributed by atoms with van der Waals surface area (Å²) in [5.74, 6) is -0.866. The maximum Gasteiger partial charge on any atom is 0.331 e. The quantitative estimate of drug-likeness (QED) is 0.611. The van der Waals surface area contributed by atoms with Crippen molar-refractivity contribution in [3.05, 3.63) is 58.9 Å². The summed E-state index contributed by atoms with van der Waals surface area (Å²) in [4.78, 5) is 24.0. The van der Waals surface area contributed by atoms with Gasteiger partial charge >= 0.3 is 5.97 Å². The number of rotatable bonds is 7. The van der Waals surface area contributed by atoms with Crippen molar-refractivity contribution >= 4 is 18.0 Å². The summed E-state index contributed by atoms with van der Waals surface area (Å²) in [7, 11) is 1.85. The minimum atomic E-state index is -0.848. The summed E-state index contributed by atoms with van der Waals surface area (Å²) < 4.78 is 6.91. The van der Waals surface area contributed by atoms with Gasteiger partial charge in [0.2, 0.25) is 0 Å². The molecule has 0 saturated heterocycles. The molecule has 2 rings (SSSR count). The molecule has 0 radical (unpaired) electrons. The number of benzene rings is 1. The molecule has 0 fully saturated rings. The second kappa shape index (κ2) is 8.99. The fourth-order valence-corrected chi connectivity index (χ4v) is 2.57. The lowest BCUT2D eigenvalue weighted by Crippen LogP contribution is -2.36. The van der Waals surface area contributed by atoms with Crippen molar-refractivity contribution in [2.45, 2.75) is 33.3 Å². The molecule has 2 aromatic rings. The molecule has 0 aliphatic rings. The van der Waals surface area contributed by atoms with Gasteiger partial charge in [0.05, 0.1) is 5.69 Å². The molecular weight excluding hydrogens is 330 g/mol. The SMILES string of the molecule is Cc1nn(C)c(C)c1/C=C/C(=O)O[C@H](C)C(=O)NCCc1ccccc1. The number of aromatic nitrogens is 2. The molecule has 0 bridgehead atoms. The van der Waals surface area contributed by atoms with Crippen LogP contribution < -0.4 is 5.32 Å². The van der Waals surface area contributed by atoms with Crippen LogP contribution in [0.1, 0.15) is 29.4 Å². The van der Waals surface area contributed by atoms with E-state index in [4.69, 9.17) is 4.74 Å². The van der Waals surface area contributed by atoms with Crippen molar-refractivity contribution in [1.29, 1.82) is 0 Å². The number of nitrogens with one attached hydrogen (secondary N) is 1. The molecule has 138 valence electrons. The zero-order valence-electron chi connectivity index (χ0n) is 15.7. The van der Waals surface area contributed by atoms with E-state index in [1.165, 1.54) is 6.08 Å². The number of hydrogen-bond acceptors (Lipinski definition) is 4. The van der Waals surface area contributed by atoms with Crippen LogP contribution in [0.15, 0.2) is 36.4 Å². The number of amides is 1. The zero-order valence-corrected chi connectivity index (χ0v) is 15.7. The topological polar surface area (TPSA) is 73.2 Å². The largest absolute Gasteiger partial charge is 0.449 e. The normalized spacial score (nSPS) is 12.2. The first-order chi connectivity index (χ1) is 12.4. The Kier molecular flexibility index (Phi) is 6.72. The van der Waals surface area contributed by atoms with Gasteiger partial charge in [0.15, 0.2) is 6.10 Å². The van der Waals surface area contributed by atoms with E-state index in [1.54, 1.807) is 17.7 Å². The molecular formula is C20H25N3O3. The monoisotopic (exact) mass is 355 g/mol. The highest BCUT2D eigenvalue weighted by atomic mass is 16.5. The van der Waals surface area contributed by atoms with Gasteiger partial charge in [-0.15, -0.1) is 0 Å². The molecule has 0 spiro atoms. The molecule has 6 nitrogen and oxygen atoms in total. The number of aryl methyl sites for hydroxylation is 2. The van der Waals surface area contributed by atoms with E-state index in [1.807, 2.05) is 51.2 Å². The van der Waals surface area contributed by atoms with Gasteiger partial charge in [-0.2, -0.15) is 5.10 Å². The van der Waals surface area contributed by atoms with E-state index < -0.39 is 12.1 Å². The second-order valence-corrected chi connectivity index (χ2v) is 6.15. The van der Waals surface area contributed by atoms with Crippen LogP contribution in [-0.2, 0) is 27.8 Å². The summed E-state index contributed by atoms with van der Waals surface area (Å²) in [6.07, 6.45) is 2.87. The Morgan fingerprint density at radius 3 is 2.58 bits per heavy atom. The van der Waals surface area contributed by atoms with E-state index in [0.29, 0.717) is 6.54 Å². The Bertz CT molecular complexity index is 794. The number of nitrogens with zero attached hydrogens (tertiary/aromatic N) is 2. The van der Waals surface area contributed by atoms with Gasteiger partial charge in [0.1, 0.15) is 0 Å². The van der Waals surface area contributed by atoms with Gasteiger partial charge in [0, 0.05) is 30.9 Å². The second-order valence-electron chi connectivity index (χ2n) is 6.15. The molecule has 1 amide bonds. The average Bonchev–Trinajstić information content (AvgIpc) is 2.86. The molecule has 1 aromatic heterocycles. The summed E-state index contributed by atoms with van der Waals surface area (Å²) in [5, 5.41) is 7.06. The number of carbonyl (C=O) groups is 2. The van der Waals surface area contributed by atoms with E-state index in [9.17, 15) is 9.59 Å². The molecule has 1 heterocycles. The Labute approximate surface area is 153 Å². The minimum Gasteiger partial charge on any atom is -0.449 e. The highest BCUT2D eigenvalue weighted by Gasteiger charge is 2.16. The predicted molar refractivity (Wildman–Crippen MR) is 100 cm³/mol. The first-order valence-corrected chi connectivity index (χ1v) is 8.59. The van der Waals surface area contributed by atoms with Crippen LogP contribution in [0.25, 0.3) is 6.08 Å². The van der Waals surface area contributed by atoms with Crippen LogP contribution in [0.2, 0.25) is 0 Å². The minimum absolute atomic E-state index is 0.309. The molecule has 0 aliphatic heterocycles. The predicted octanol–water partition coefficient (Wildman–Crippen LogP) is 2.34. The third kappa shape index (κ3) is 5.31. The molecule has 0 aliphatic carbocycles. The summed E-state index contributed by atoms with van der Waals surface area (Å²) in [6.45, 7) is 5.85. The molecule has 0 unspecified atom stereocenters. The Hall–Kier alpha value is -2.89. The van der Waals surface area contributed by atoms with Crippen LogP contribution in [-0.4, -0.2) is 34.3 Å². The first kappa shape index (κ1) is 19.4. The number of carbonyl (C=O) groups excluding carboxylic acids is 2. The lowest BCUT2D eigenvalue weighted by atomic mass is 10.1. The molecule has 6 heteroatoms. The number of esters is 1. The molecule has 1 atom stereocenters. The highest BCUT2D eigenvalue weighted by Crippen LogP contribution is 2.13. The van der Waals surface area contributed by atoms with E-state index in [2.05, 4.69) is 10.4 Å². The Morgan fingerprint density at radius 1 is 1.27 bits per heavy atom. The van der Waals surface area contributed by atoms with Crippen LogP contribution in [0.4, 0.5) is 0 Å². The van der Waals surface area contributed by atoms with Gasteiger partial charge in [-0.25, -0.2) is 4.79 Å².